The van der Waals surface area contributed by atoms with Gasteiger partial charge in [-0.2, -0.15) is 0 Å². The van der Waals surface area contributed by atoms with E-state index in [0.717, 1.165) is 44.1 Å². The van der Waals surface area contributed by atoms with Crippen molar-refractivity contribution in [3.63, 3.8) is 0 Å². The zero-order valence-corrected chi connectivity index (χ0v) is 35.0. The first-order valence-corrected chi connectivity index (χ1v) is 21.0. The van der Waals surface area contributed by atoms with E-state index in [1.54, 1.807) is 0 Å². The molecule has 8 N–H and O–H groups in total. The van der Waals surface area contributed by atoms with E-state index in [-0.39, 0.29) is 46.2 Å². The predicted octanol–water partition coefficient (Wildman–Crippen LogP) is 2.58. The molecule has 6 aliphatic rings. The smallest absolute Gasteiger partial charge is 0.187 e. The topological polar surface area (TPSA) is 208 Å². The highest BCUT2D eigenvalue weighted by Gasteiger charge is 2.69. The summed E-state index contributed by atoms with van der Waals surface area (Å²) in [7, 11) is 1.81. The molecule has 0 aromatic heterocycles. The Hall–Kier alpha value is -1.04. The summed E-state index contributed by atoms with van der Waals surface area (Å²) in [6.07, 6.45) is -3.34. The molecule has 0 spiro atoms. The van der Waals surface area contributed by atoms with E-state index in [9.17, 15) is 40.9 Å². The number of aliphatic hydroxyl groups is 8. The number of hydrogen-bond donors (Lipinski definition) is 8. The average molecular weight is 797 g/mol. The molecule has 6 rings (SSSR count). The van der Waals surface area contributed by atoms with Crippen LogP contribution in [0.15, 0.2) is 23.3 Å². The second-order valence-corrected chi connectivity index (χ2v) is 19.8. The summed E-state index contributed by atoms with van der Waals surface area (Å²) in [5.74, 6) is 1.16. The third-order valence-corrected chi connectivity index (χ3v) is 16.2. The van der Waals surface area contributed by atoms with Crippen molar-refractivity contribution < 1.29 is 64.5 Å². The van der Waals surface area contributed by atoms with Crippen molar-refractivity contribution in [2.75, 3.05) is 20.3 Å². The van der Waals surface area contributed by atoms with E-state index < -0.39 is 86.1 Å². The quantitative estimate of drug-likeness (QED) is 0.142. The molecule has 13 heteroatoms. The van der Waals surface area contributed by atoms with Gasteiger partial charge in [0, 0.05) is 18.4 Å². The van der Waals surface area contributed by atoms with Crippen LogP contribution in [0.4, 0.5) is 0 Å². The van der Waals surface area contributed by atoms with Gasteiger partial charge in [-0.3, -0.25) is 0 Å². The van der Waals surface area contributed by atoms with Gasteiger partial charge in [0.05, 0.1) is 31.5 Å². The highest BCUT2D eigenvalue weighted by atomic mass is 16.7. The molecule has 0 bridgehead atoms. The van der Waals surface area contributed by atoms with E-state index in [2.05, 4.69) is 47.6 Å². The Morgan fingerprint density at radius 3 is 1.95 bits per heavy atom. The van der Waals surface area contributed by atoms with Crippen molar-refractivity contribution >= 4 is 0 Å². The second-order valence-electron chi connectivity index (χ2n) is 19.8. The van der Waals surface area contributed by atoms with Crippen LogP contribution in [0.3, 0.4) is 0 Å². The maximum atomic E-state index is 10.8. The van der Waals surface area contributed by atoms with Gasteiger partial charge in [-0.05, 0) is 92.8 Å². The van der Waals surface area contributed by atoms with Crippen LogP contribution in [0.5, 0.6) is 0 Å². The van der Waals surface area contributed by atoms with Gasteiger partial charge in [-0.25, -0.2) is 0 Å². The van der Waals surface area contributed by atoms with E-state index in [4.69, 9.17) is 23.7 Å². The number of aliphatic hydroxyl groups excluding tert-OH is 8. The first-order chi connectivity index (χ1) is 26.2. The van der Waals surface area contributed by atoms with E-state index in [1.807, 2.05) is 27.0 Å². The van der Waals surface area contributed by atoms with Gasteiger partial charge in [0.15, 0.2) is 12.6 Å². The second kappa shape index (κ2) is 16.4. The molecule has 3 saturated carbocycles. The summed E-state index contributed by atoms with van der Waals surface area (Å²) in [6, 6.07) is 0. The minimum Gasteiger partial charge on any atom is -0.394 e. The Kier molecular flexibility index (Phi) is 13.1. The van der Waals surface area contributed by atoms with Crippen LogP contribution in [0.1, 0.15) is 100 Å². The molecule has 0 amide bonds. The third kappa shape index (κ3) is 7.30. The Labute approximate surface area is 333 Å². The molecular weight excluding hydrogens is 724 g/mol. The first-order valence-electron chi connectivity index (χ1n) is 21.0. The number of methoxy groups -OCH3 is 1. The Morgan fingerprint density at radius 1 is 0.786 bits per heavy atom. The van der Waals surface area contributed by atoms with Gasteiger partial charge >= 0.3 is 0 Å². The monoisotopic (exact) mass is 796 g/mol. The van der Waals surface area contributed by atoms with Crippen molar-refractivity contribution in [1.82, 2.24) is 0 Å². The van der Waals surface area contributed by atoms with Gasteiger partial charge in [0.2, 0.25) is 0 Å². The summed E-state index contributed by atoms with van der Waals surface area (Å²) < 4.78 is 30.9. The van der Waals surface area contributed by atoms with Crippen LogP contribution in [0, 0.1) is 45.3 Å². The van der Waals surface area contributed by atoms with Crippen LogP contribution in [-0.4, -0.2) is 141 Å². The Balaban J connectivity index is 1.23. The fourth-order valence-corrected chi connectivity index (χ4v) is 12.9. The van der Waals surface area contributed by atoms with Crippen LogP contribution >= 0.6 is 0 Å². The lowest BCUT2D eigenvalue weighted by atomic mass is 9.38. The molecule has 13 nitrogen and oxygen atoms in total. The van der Waals surface area contributed by atoms with Crippen LogP contribution in [-0.2, 0) is 23.7 Å². The molecule has 2 saturated heterocycles. The van der Waals surface area contributed by atoms with Gasteiger partial charge in [-0.15, -0.1) is 0 Å². The minimum atomic E-state index is -1.50. The van der Waals surface area contributed by atoms with Crippen molar-refractivity contribution in [3.8, 4) is 0 Å². The molecule has 56 heavy (non-hydrogen) atoms. The maximum absolute atomic E-state index is 10.8. The fraction of sp³-hybridized carbons (Fsp3) is 0.907. The molecular formula is C43H72O13. The molecule has 0 aromatic carbocycles. The zero-order valence-electron chi connectivity index (χ0n) is 35.0. The predicted molar refractivity (Wildman–Crippen MR) is 206 cm³/mol. The average Bonchev–Trinajstić information content (AvgIpc) is 3.42. The lowest BCUT2D eigenvalue weighted by molar-refractivity contribution is -0.320. The third-order valence-electron chi connectivity index (χ3n) is 16.2. The first kappa shape index (κ1) is 44.5. The molecule has 322 valence electrons. The molecule has 0 unspecified atom stereocenters. The van der Waals surface area contributed by atoms with Crippen molar-refractivity contribution in [2.45, 2.75) is 180 Å². The van der Waals surface area contributed by atoms with Crippen LogP contribution < -0.4 is 0 Å². The molecule has 0 aromatic rings. The maximum Gasteiger partial charge on any atom is 0.187 e. The SMILES string of the molecule is CO[C@H]1C=C2[C@@H](CC[C@H](O[C@@H]3O[C@H](CO)[C@@H](O)[C@@H](O)[C@H]3O)C2(C)C)[C@]2(C)CC[C@]3(C)[C@@H]([C@H](C)C[C@H](C=C(C)C)O[C@@H]4O[C@H](CO)[C@@H](O)[C@H](O)[C@H]4O)CC[C@@]3(C)[C@H]12. The Morgan fingerprint density at radius 2 is 1.38 bits per heavy atom. The molecule has 4 aliphatic carbocycles. The lowest BCUT2D eigenvalue weighted by Gasteiger charge is -2.67. The summed E-state index contributed by atoms with van der Waals surface area (Å²) >= 11 is 0. The number of ether oxygens (including phenoxy) is 5. The van der Waals surface area contributed by atoms with Crippen molar-refractivity contribution in [1.29, 1.82) is 0 Å². The number of fused-ring (bicyclic) bond motifs is 5. The van der Waals surface area contributed by atoms with Gasteiger partial charge in [0.25, 0.3) is 0 Å². The van der Waals surface area contributed by atoms with E-state index >= 15 is 0 Å². The molecule has 2 heterocycles. The molecule has 2 aliphatic heterocycles. The molecule has 0 radical (unpaired) electrons. The number of rotatable bonds is 11. The molecule has 5 fully saturated rings. The highest BCUT2D eigenvalue weighted by Crippen LogP contribution is 2.75. The summed E-state index contributed by atoms with van der Waals surface area (Å²) in [5, 5.41) is 82.7. The normalized spacial score (nSPS) is 49.9. The summed E-state index contributed by atoms with van der Waals surface area (Å²) in [6.45, 7) is 17.1. The largest absolute Gasteiger partial charge is 0.394 e. The summed E-state index contributed by atoms with van der Waals surface area (Å²) in [4.78, 5) is 0. The van der Waals surface area contributed by atoms with Crippen molar-refractivity contribution in [2.24, 2.45) is 45.3 Å². The summed E-state index contributed by atoms with van der Waals surface area (Å²) in [5.41, 5.74) is 1.78. The van der Waals surface area contributed by atoms with Gasteiger partial charge < -0.3 is 64.5 Å². The zero-order chi connectivity index (χ0) is 41.3. The fourth-order valence-electron chi connectivity index (χ4n) is 12.9. The lowest BCUT2D eigenvalue weighted by Crippen LogP contribution is -2.64. The van der Waals surface area contributed by atoms with Gasteiger partial charge in [-0.1, -0.05) is 64.8 Å². The van der Waals surface area contributed by atoms with Crippen LogP contribution in [0.25, 0.3) is 0 Å². The Bertz CT molecular complexity index is 1430. The van der Waals surface area contributed by atoms with E-state index in [0.29, 0.717) is 12.3 Å². The van der Waals surface area contributed by atoms with Crippen LogP contribution in [0.2, 0.25) is 0 Å². The molecule has 20 atom stereocenters. The number of hydrogen-bond acceptors (Lipinski definition) is 13. The number of allylic oxidation sites excluding steroid dienone is 1. The highest BCUT2D eigenvalue weighted by molar-refractivity contribution is 5.33. The standard InChI is InChI=1S/C43H72O13/c1-21(2)16-23(53-38-35(50)33(48)31(46)28(19-44)54-38)17-22(3)24-12-13-43(8)37-27(52-9)18-26-25(41(37,6)14-15-42(24,43)7)10-11-30(40(26,4)5)56-39-36(51)34(49)32(47)29(20-45)55-39/h16,18,22-25,27-39,44-51H,10-15,17,19-20H2,1-9H3/t22-,23+,24-,25-,27+,28-,29-,30+,31-,32-,33+,34-,35-,36-,37-,38-,39+,41+,42-,43+/m1/s1. The van der Waals surface area contributed by atoms with Gasteiger partial charge in [0.1, 0.15) is 48.8 Å². The minimum absolute atomic E-state index is 0.00365. The van der Waals surface area contributed by atoms with E-state index in [1.165, 1.54) is 5.57 Å². The van der Waals surface area contributed by atoms with Crippen molar-refractivity contribution in [3.05, 3.63) is 23.3 Å².